The van der Waals surface area contributed by atoms with Crippen LogP contribution in [0.5, 0.6) is 5.75 Å². The first kappa shape index (κ1) is 37.7. The smallest absolute Gasteiger partial charge is 0.286 e. The molecule has 1 saturated carbocycles. The Morgan fingerprint density at radius 3 is 2.72 bits per heavy atom. The van der Waals surface area contributed by atoms with Crippen molar-refractivity contribution >= 4 is 39.0 Å². The molecule has 2 aromatic carbocycles. The second kappa shape index (κ2) is 16.4. The number of hydrogen-bond acceptors (Lipinski definition) is 7. The summed E-state index contributed by atoms with van der Waals surface area (Å²) in [6.45, 7) is 4.57. The molecule has 6 atom stereocenters. The van der Waals surface area contributed by atoms with Gasteiger partial charge in [-0.2, -0.15) is 0 Å². The number of benzene rings is 2. The molecule has 1 N–H and O–H groups in total. The maximum absolute atomic E-state index is 14.7. The fourth-order valence-corrected chi connectivity index (χ4v) is 10.3. The topological polar surface area (TPSA) is 111 Å². The van der Waals surface area contributed by atoms with E-state index in [1.54, 1.807) is 26.5 Å². The Balaban J connectivity index is 1.28. The quantitative estimate of drug-likeness (QED) is 0.276. The number of methoxy groups -OCH3 is 2. The normalized spacial score (nSPS) is 28.4. The molecule has 7 rings (SSSR count). The fourth-order valence-electron chi connectivity index (χ4n) is 8.26. The fraction of sp³-hybridized carbons (Fsp3) is 0.512. The number of allylic oxidation sites excluding steroid dienone is 1. The van der Waals surface area contributed by atoms with Crippen molar-refractivity contribution in [3.8, 4) is 5.75 Å². The average molecular weight is 763 g/mol. The third-order valence-electron chi connectivity index (χ3n) is 11.4. The summed E-state index contributed by atoms with van der Waals surface area (Å²) in [6, 6.07) is 13.3. The third kappa shape index (κ3) is 8.69. The summed E-state index contributed by atoms with van der Waals surface area (Å²) in [5.41, 5.74) is 4.84. The summed E-state index contributed by atoms with van der Waals surface area (Å²) in [5.74, 6) is 0.0778. The first-order chi connectivity index (χ1) is 25.6. The van der Waals surface area contributed by atoms with E-state index < -0.39 is 21.7 Å². The molecular formula is C41H51ClN4O6S. The van der Waals surface area contributed by atoms with Crippen molar-refractivity contribution in [1.29, 1.82) is 0 Å². The Labute approximate surface area is 318 Å². The number of hydrogen-bond donors (Lipinski definition) is 1. The maximum Gasteiger partial charge on any atom is 0.286 e. The maximum atomic E-state index is 14.7. The minimum Gasteiger partial charge on any atom is -0.491 e. The summed E-state index contributed by atoms with van der Waals surface area (Å²) >= 11 is 6.48. The molecule has 1 aromatic heterocycles. The van der Waals surface area contributed by atoms with Crippen LogP contribution in [0.25, 0.3) is 0 Å². The molecule has 0 radical (unpaired) electrons. The second-order valence-corrected chi connectivity index (χ2v) is 17.6. The van der Waals surface area contributed by atoms with Crippen LogP contribution in [-0.4, -0.2) is 65.9 Å². The second-order valence-electron chi connectivity index (χ2n) is 15.2. The van der Waals surface area contributed by atoms with Crippen LogP contribution >= 0.6 is 11.6 Å². The molecule has 3 aromatic rings. The zero-order valence-corrected chi connectivity index (χ0v) is 32.5. The number of halogens is 1. The first-order valence-electron chi connectivity index (χ1n) is 18.9. The number of carbonyl (C=O) groups is 2. The molecule has 0 spiro atoms. The van der Waals surface area contributed by atoms with E-state index in [9.17, 15) is 13.8 Å². The highest BCUT2D eigenvalue weighted by Gasteiger charge is 2.38. The van der Waals surface area contributed by atoms with Crippen molar-refractivity contribution in [2.24, 2.45) is 22.1 Å². The van der Waals surface area contributed by atoms with Gasteiger partial charge >= 0.3 is 0 Å². The molecule has 12 heteroatoms. The molecule has 10 nitrogen and oxygen atoms in total. The number of fused-ring (bicyclic) bond motifs is 4. The number of nitrogens with zero attached hydrogens (tertiary/aromatic N) is 3. The molecule has 2 amide bonds. The Kier molecular flexibility index (Phi) is 11.6. The molecule has 53 heavy (non-hydrogen) atoms. The van der Waals surface area contributed by atoms with Crippen LogP contribution in [-0.2, 0) is 45.3 Å². The summed E-state index contributed by atoms with van der Waals surface area (Å²) in [6.07, 6.45) is 13.0. The van der Waals surface area contributed by atoms with Gasteiger partial charge in [-0.3, -0.25) is 14.3 Å². The standard InChI is InChI=1S/C41H51ClN4O6S/c1-27-7-6-9-38(51-3)36-14-11-31(36)24-46-23-30-10-13-33(42)19-28(30)8-4-5-18-52-39-15-12-29(21-37(39)46)40(47)43-53(49,26-27)44-41(48)32-20-34-22-35(50-2)16-17-45(34)25-32/h6,9-10,12-13,15,19-21,25,27,31,35-36,38H,4-5,7-8,11,14,16-18,22-24,26H2,1-3H3,(H,43,44,47,48,49)/b9-6+/t27-,31-,35?,36+,38-,53-/m0/s1. The lowest BCUT2D eigenvalue weighted by atomic mass is 9.70. The predicted molar refractivity (Wildman–Crippen MR) is 208 cm³/mol. The van der Waals surface area contributed by atoms with Crippen LogP contribution in [0.1, 0.15) is 83.0 Å². The van der Waals surface area contributed by atoms with Crippen LogP contribution in [0.3, 0.4) is 0 Å². The van der Waals surface area contributed by atoms with Gasteiger partial charge in [0.25, 0.3) is 11.8 Å². The van der Waals surface area contributed by atoms with Gasteiger partial charge in [0.15, 0.2) is 0 Å². The lowest BCUT2D eigenvalue weighted by molar-refractivity contribution is 0.0133. The average Bonchev–Trinajstić information content (AvgIpc) is 3.55. The van der Waals surface area contributed by atoms with Gasteiger partial charge in [-0.1, -0.05) is 36.7 Å². The summed E-state index contributed by atoms with van der Waals surface area (Å²) in [7, 11) is -0.0870. The first-order valence-corrected chi connectivity index (χ1v) is 21.0. The number of aryl methyl sites for hydroxylation is 2. The minimum absolute atomic E-state index is 0.0113. The van der Waals surface area contributed by atoms with Crippen molar-refractivity contribution < 1.29 is 28.0 Å². The van der Waals surface area contributed by atoms with Crippen molar-refractivity contribution in [2.45, 2.75) is 83.6 Å². The summed E-state index contributed by atoms with van der Waals surface area (Å²) in [5, 5.41) is 0.716. The van der Waals surface area contributed by atoms with Gasteiger partial charge in [-0.15, -0.1) is 4.36 Å². The van der Waals surface area contributed by atoms with Crippen molar-refractivity contribution in [3.63, 3.8) is 0 Å². The number of carbonyl (C=O) groups excluding carboxylic acids is 2. The van der Waals surface area contributed by atoms with E-state index in [1.807, 2.05) is 35.8 Å². The highest BCUT2D eigenvalue weighted by molar-refractivity contribution is 7.92. The largest absolute Gasteiger partial charge is 0.491 e. The highest BCUT2D eigenvalue weighted by atomic mass is 35.5. The van der Waals surface area contributed by atoms with Crippen LogP contribution < -0.4 is 14.4 Å². The third-order valence-corrected chi connectivity index (χ3v) is 13.6. The lowest BCUT2D eigenvalue weighted by Gasteiger charge is -2.43. The van der Waals surface area contributed by atoms with Gasteiger partial charge in [0, 0.05) is 62.8 Å². The van der Waals surface area contributed by atoms with Crippen LogP contribution in [0.15, 0.2) is 65.2 Å². The Morgan fingerprint density at radius 2 is 1.92 bits per heavy atom. The van der Waals surface area contributed by atoms with Gasteiger partial charge in [0.1, 0.15) is 15.7 Å². The summed E-state index contributed by atoms with van der Waals surface area (Å²) < 4.78 is 41.8. The van der Waals surface area contributed by atoms with E-state index in [4.69, 9.17) is 25.8 Å². The Bertz CT molecular complexity index is 1990. The van der Waals surface area contributed by atoms with E-state index >= 15 is 0 Å². The SMILES string of the molecule is COC1CCn2cc(C(=O)N[S@@]3(=O)=NC(=O)c4ccc5c(c4)N(Cc4ccc(Cl)cc4CCCCO5)C[C@@H]4CC[C@H]4[C@@H](OC)/C=C/C[C@H](C)C3)cc2C1. The van der Waals surface area contributed by atoms with E-state index in [2.05, 4.69) is 38.3 Å². The van der Waals surface area contributed by atoms with Crippen molar-refractivity contribution in [2.75, 3.05) is 38.0 Å². The van der Waals surface area contributed by atoms with E-state index in [-0.39, 0.29) is 29.4 Å². The number of amides is 2. The number of nitrogens with one attached hydrogen (secondary N) is 1. The molecule has 1 aliphatic carbocycles. The predicted octanol–water partition coefficient (Wildman–Crippen LogP) is 7.41. The van der Waals surface area contributed by atoms with Crippen LogP contribution in [0.4, 0.5) is 5.69 Å². The Hall–Kier alpha value is -3.64. The van der Waals surface area contributed by atoms with Crippen LogP contribution in [0.2, 0.25) is 5.02 Å². The highest BCUT2D eigenvalue weighted by Crippen LogP contribution is 2.42. The summed E-state index contributed by atoms with van der Waals surface area (Å²) in [4.78, 5) is 30.2. The van der Waals surface area contributed by atoms with Gasteiger partial charge in [-0.25, -0.2) is 4.21 Å². The van der Waals surface area contributed by atoms with Gasteiger partial charge < -0.3 is 23.7 Å². The molecule has 284 valence electrons. The van der Waals surface area contributed by atoms with Gasteiger partial charge in [0.2, 0.25) is 0 Å². The zero-order valence-electron chi connectivity index (χ0n) is 30.9. The van der Waals surface area contributed by atoms with E-state index in [1.165, 1.54) is 11.1 Å². The van der Waals surface area contributed by atoms with Gasteiger partial charge in [-0.05, 0) is 110 Å². The molecule has 3 aliphatic heterocycles. The van der Waals surface area contributed by atoms with E-state index in [0.29, 0.717) is 54.2 Å². The van der Waals surface area contributed by atoms with Crippen LogP contribution in [0, 0.1) is 17.8 Å². The molecule has 4 heterocycles. The molecule has 2 bridgehead atoms. The van der Waals surface area contributed by atoms with Crippen molar-refractivity contribution in [3.05, 3.63) is 93.8 Å². The molecule has 1 fully saturated rings. The van der Waals surface area contributed by atoms with Crippen molar-refractivity contribution in [1.82, 2.24) is 9.29 Å². The molecular weight excluding hydrogens is 712 g/mol. The number of aromatic nitrogens is 1. The number of ether oxygens (including phenoxy) is 3. The number of rotatable bonds is 4. The van der Waals surface area contributed by atoms with E-state index in [0.717, 1.165) is 63.0 Å². The molecule has 1 unspecified atom stereocenters. The monoisotopic (exact) mass is 762 g/mol. The zero-order chi connectivity index (χ0) is 37.1. The number of anilines is 1. The molecule has 4 aliphatic rings. The minimum atomic E-state index is -3.54. The lowest BCUT2D eigenvalue weighted by Crippen LogP contribution is -2.43. The van der Waals surface area contributed by atoms with Gasteiger partial charge in [0.05, 0.1) is 35.8 Å². The Morgan fingerprint density at radius 1 is 1.06 bits per heavy atom. The molecule has 0 saturated heterocycles.